The van der Waals surface area contributed by atoms with Crippen LogP contribution in [-0.2, 0) is 0 Å². The summed E-state index contributed by atoms with van der Waals surface area (Å²) >= 11 is 0. The normalized spacial score (nSPS) is 25.7. The molecule has 1 aromatic carbocycles. The van der Waals surface area contributed by atoms with Crippen LogP contribution < -0.4 is 10.2 Å². The Labute approximate surface area is 109 Å². The maximum Gasteiger partial charge on any atom is 0.126 e. The Hall–Kier alpha value is -1.09. The number of nitrogens with zero attached hydrogens (tertiary/aromatic N) is 1. The van der Waals surface area contributed by atoms with Crippen LogP contribution in [-0.4, -0.2) is 25.2 Å². The number of rotatable bonds is 1. The van der Waals surface area contributed by atoms with Crippen molar-refractivity contribution in [3.8, 4) is 0 Å². The van der Waals surface area contributed by atoms with Crippen LogP contribution in [0.15, 0.2) is 18.2 Å². The van der Waals surface area contributed by atoms with Crippen LogP contribution in [0, 0.1) is 12.7 Å². The number of hydrogen-bond donors (Lipinski definition) is 1. The third-order valence-corrected chi connectivity index (χ3v) is 3.74. The lowest BCUT2D eigenvalue weighted by molar-refractivity contribution is 0.404. The van der Waals surface area contributed by atoms with Gasteiger partial charge in [0, 0.05) is 30.9 Å². The Morgan fingerprint density at radius 1 is 1.17 bits per heavy atom. The lowest BCUT2D eigenvalue weighted by Crippen LogP contribution is -2.43. The van der Waals surface area contributed by atoms with Gasteiger partial charge in [0.2, 0.25) is 0 Å². The molecule has 0 bridgehead atoms. The first-order valence-electron chi connectivity index (χ1n) is 6.83. The van der Waals surface area contributed by atoms with Crippen LogP contribution in [0.5, 0.6) is 0 Å². The molecule has 1 fully saturated rings. The third kappa shape index (κ3) is 3.22. The molecule has 0 aliphatic carbocycles. The molecule has 1 aliphatic heterocycles. The second kappa shape index (κ2) is 5.70. The average Bonchev–Trinajstić information content (AvgIpc) is 2.31. The fourth-order valence-electron chi connectivity index (χ4n) is 2.55. The summed E-state index contributed by atoms with van der Waals surface area (Å²) in [4.78, 5) is 2.38. The van der Waals surface area contributed by atoms with Gasteiger partial charge in [-0.2, -0.15) is 0 Å². The monoisotopic (exact) mass is 250 g/mol. The molecule has 2 nitrogen and oxygen atoms in total. The molecule has 0 amide bonds. The lowest BCUT2D eigenvalue weighted by Gasteiger charge is -2.32. The Morgan fingerprint density at radius 2 is 1.78 bits per heavy atom. The zero-order chi connectivity index (χ0) is 13.1. The Morgan fingerprint density at radius 3 is 2.33 bits per heavy atom. The molecule has 0 saturated carbocycles. The van der Waals surface area contributed by atoms with E-state index in [1.54, 1.807) is 6.07 Å². The van der Waals surface area contributed by atoms with Gasteiger partial charge in [0.25, 0.3) is 0 Å². The fourth-order valence-corrected chi connectivity index (χ4v) is 2.55. The summed E-state index contributed by atoms with van der Waals surface area (Å²) < 4.78 is 13.3. The number of benzene rings is 1. The second-order valence-corrected chi connectivity index (χ2v) is 5.47. The molecule has 2 rings (SSSR count). The van der Waals surface area contributed by atoms with Gasteiger partial charge in [-0.1, -0.05) is 0 Å². The van der Waals surface area contributed by atoms with E-state index in [-0.39, 0.29) is 5.82 Å². The van der Waals surface area contributed by atoms with E-state index in [0.717, 1.165) is 37.2 Å². The van der Waals surface area contributed by atoms with Gasteiger partial charge in [-0.05, 0) is 57.4 Å². The van der Waals surface area contributed by atoms with E-state index in [1.807, 2.05) is 19.1 Å². The van der Waals surface area contributed by atoms with Crippen LogP contribution >= 0.6 is 0 Å². The molecule has 0 spiro atoms. The summed E-state index contributed by atoms with van der Waals surface area (Å²) in [6, 6.07) is 6.52. The quantitative estimate of drug-likeness (QED) is 0.824. The number of hydrogen-bond acceptors (Lipinski definition) is 2. The van der Waals surface area contributed by atoms with E-state index in [1.165, 1.54) is 0 Å². The maximum absolute atomic E-state index is 13.3. The topological polar surface area (TPSA) is 15.3 Å². The van der Waals surface area contributed by atoms with Gasteiger partial charge in [-0.25, -0.2) is 4.39 Å². The molecule has 100 valence electrons. The van der Waals surface area contributed by atoms with E-state index in [4.69, 9.17) is 0 Å². The highest BCUT2D eigenvalue weighted by Crippen LogP contribution is 2.20. The molecular weight excluding hydrogens is 227 g/mol. The second-order valence-electron chi connectivity index (χ2n) is 5.47. The molecule has 1 aromatic rings. The van der Waals surface area contributed by atoms with Crippen molar-refractivity contribution in [3.63, 3.8) is 0 Å². The van der Waals surface area contributed by atoms with Crippen LogP contribution in [0.1, 0.15) is 32.3 Å². The van der Waals surface area contributed by atoms with Crippen molar-refractivity contribution in [3.05, 3.63) is 29.6 Å². The largest absolute Gasteiger partial charge is 0.371 e. The number of aryl methyl sites for hydroxylation is 1. The van der Waals surface area contributed by atoms with Crippen LogP contribution in [0.4, 0.5) is 10.1 Å². The predicted octanol–water partition coefficient (Wildman–Crippen LogP) is 3.10. The molecule has 1 aliphatic rings. The number of halogens is 1. The van der Waals surface area contributed by atoms with Gasteiger partial charge in [-0.3, -0.25) is 0 Å². The summed E-state index contributed by atoms with van der Waals surface area (Å²) in [6.45, 7) is 8.36. The SMILES string of the molecule is Cc1cc(N2CCC(C)NC(C)CC2)ccc1F. The molecule has 0 aromatic heterocycles. The highest BCUT2D eigenvalue weighted by molar-refractivity contribution is 5.48. The van der Waals surface area contributed by atoms with Crippen LogP contribution in [0.2, 0.25) is 0 Å². The highest BCUT2D eigenvalue weighted by Gasteiger charge is 2.16. The Kier molecular flexibility index (Phi) is 4.23. The van der Waals surface area contributed by atoms with E-state index in [0.29, 0.717) is 12.1 Å². The fraction of sp³-hybridized carbons (Fsp3) is 0.600. The summed E-state index contributed by atoms with van der Waals surface area (Å²) in [5.41, 5.74) is 1.88. The Balaban J connectivity index is 2.12. The maximum atomic E-state index is 13.3. The van der Waals surface area contributed by atoms with Crippen molar-refractivity contribution in [1.29, 1.82) is 0 Å². The molecule has 1 heterocycles. The summed E-state index contributed by atoms with van der Waals surface area (Å²) in [5.74, 6) is -0.116. The Bertz CT molecular complexity index is 393. The number of anilines is 1. The third-order valence-electron chi connectivity index (χ3n) is 3.74. The first-order chi connectivity index (χ1) is 8.56. The van der Waals surface area contributed by atoms with Crippen molar-refractivity contribution < 1.29 is 4.39 Å². The van der Waals surface area contributed by atoms with Crippen LogP contribution in [0.25, 0.3) is 0 Å². The van der Waals surface area contributed by atoms with E-state index in [9.17, 15) is 4.39 Å². The van der Waals surface area contributed by atoms with Crippen molar-refractivity contribution in [2.75, 3.05) is 18.0 Å². The van der Waals surface area contributed by atoms with E-state index < -0.39 is 0 Å². The molecular formula is C15H23FN2. The average molecular weight is 250 g/mol. The molecule has 2 atom stereocenters. The molecule has 1 N–H and O–H groups in total. The van der Waals surface area contributed by atoms with Gasteiger partial charge in [0.05, 0.1) is 0 Å². The van der Waals surface area contributed by atoms with Gasteiger partial charge in [0.1, 0.15) is 5.82 Å². The van der Waals surface area contributed by atoms with Gasteiger partial charge >= 0.3 is 0 Å². The number of nitrogens with one attached hydrogen (secondary N) is 1. The van der Waals surface area contributed by atoms with E-state index in [2.05, 4.69) is 24.1 Å². The highest BCUT2D eigenvalue weighted by atomic mass is 19.1. The van der Waals surface area contributed by atoms with Gasteiger partial charge < -0.3 is 10.2 Å². The van der Waals surface area contributed by atoms with Crippen molar-refractivity contribution in [2.24, 2.45) is 0 Å². The van der Waals surface area contributed by atoms with Crippen LogP contribution in [0.3, 0.4) is 0 Å². The molecule has 1 saturated heterocycles. The summed E-state index contributed by atoms with van der Waals surface area (Å²) in [7, 11) is 0. The first kappa shape index (κ1) is 13.3. The minimum atomic E-state index is -0.116. The summed E-state index contributed by atoms with van der Waals surface area (Å²) in [6.07, 6.45) is 2.25. The molecule has 18 heavy (non-hydrogen) atoms. The molecule has 2 unspecified atom stereocenters. The first-order valence-corrected chi connectivity index (χ1v) is 6.83. The standard InChI is InChI=1S/C15H23FN2/c1-11-10-14(4-5-15(11)16)18-8-6-12(2)17-13(3)7-9-18/h4-5,10,12-13,17H,6-9H2,1-3H3. The molecule has 3 heteroatoms. The minimum Gasteiger partial charge on any atom is -0.371 e. The van der Waals surface area contributed by atoms with Crippen molar-refractivity contribution in [1.82, 2.24) is 5.32 Å². The predicted molar refractivity (Wildman–Crippen MR) is 74.6 cm³/mol. The zero-order valence-electron chi connectivity index (χ0n) is 11.5. The zero-order valence-corrected chi connectivity index (χ0v) is 11.5. The van der Waals surface area contributed by atoms with Crippen molar-refractivity contribution in [2.45, 2.75) is 45.7 Å². The molecule has 0 radical (unpaired) electrons. The van der Waals surface area contributed by atoms with Gasteiger partial charge in [-0.15, -0.1) is 0 Å². The van der Waals surface area contributed by atoms with E-state index >= 15 is 0 Å². The summed E-state index contributed by atoms with van der Waals surface area (Å²) in [5, 5.41) is 3.59. The lowest BCUT2D eigenvalue weighted by atomic mass is 10.1. The minimum absolute atomic E-state index is 0.116. The smallest absolute Gasteiger partial charge is 0.126 e. The van der Waals surface area contributed by atoms with Crippen molar-refractivity contribution >= 4 is 5.69 Å². The van der Waals surface area contributed by atoms with Gasteiger partial charge in [0.15, 0.2) is 0 Å².